The first-order valence-electron chi connectivity index (χ1n) is 2.08. The van der Waals surface area contributed by atoms with Gasteiger partial charge in [0.05, 0.1) is 0 Å². The Kier molecular flexibility index (Phi) is 21.5. The molecule has 3 nitrogen and oxygen atoms in total. The summed E-state index contributed by atoms with van der Waals surface area (Å²) < 4.78 is 4.94. The molecule has 0 atom stereocenters. The van der Waals surface area contributed by atoms with Gasteiger partial charge in [-0.15, -0.1) is 0 Å². The molecule has 1 aliphatic rings. The topological polar surface area (TPSA) is 70.7 Å². The van der Waals surface area contributed by atoms with Crippen LogP contribution in [-0.4, -0.2) is 24.2 Å². The molecule has 0 aromatic carbocycles. The van der Waals surface area contributed by atoms with E-state index in [0.29, 0.717) is 0 Å². The minimum absolute atomic E-state index is 0. The molecule has 0 unspecified atom stereocenters. The third-order valence-corrected chi connectivity index (χ3v) is 0.827. The summed E-state index contributed by atoms with van der Waals surface area (Å²) in [5, 5.41) is 0. The first-order valence-corrected chi connectivity index (χ1v) is 2.08. The molecule has 1 aliphatic heterocycles. The van der Waals surface area contributed by atoms with Crippen LogP contribution in [0.1, 0.15) is 12.8 Å². The van der Waals surface area contributed by atoms with Gasteiger partial charge in [-0.3, -0.25) is 0 Å². The summed E-state index contributed by atoms with van der Waals surface area (Å²) in [6.07, 6.45) is 2.56. The summed E-state index contributed by atoms with van der Waals surface area (Å²) in [6, 6.07) is 0. The molecule has 0 bridgehead atoms. The first-order chi connectivity index (χ1) is 2.50. The number of ether oxygens (including phenoxy) is 1. The van der Waals surface area contributed by atoms with Crippen molar-refractivity contribution in [3.05, 3.63) is 0 Å². The molecule has 1 saturated heterocycles. The minimum Gasteiger partial charge on any atom is -0.870 e. The van der Waals surface area contributed by atoms with Crippen molar-refractivity contribution in [3.63, 3.8) is 0 Å². The van der Waals surface area contributed by atoms with Crippen LogP contribution in [0.4, 0.5) is 0 Å². The zero-order valence-electron chi connectivity index (χ0n) is 5.18. The smallest absolute Gasteiger partial charge is 0.870 e. The zero-order valence-corrected chi connectivity index (χ0v) is 7.18. The van der Waals surface area contributed by atoms with Crippen molar-refractivity contribution < 1.29 is 45.2 Å². The van der Waals surface area contributed by atoms with Crippen molar-refractivity contribution in [2.24, 2.45) is 0 Å². The van der Waals surface area contributed by atoms with Gasteiger partial charge in [-0.05, 0) is 12.8 Å². The van der Waals surface area contributed by atoms with Crippen LogP contribution in [-0.2, 0) is 4.74 Å². The van der Waals surface area contributed by atoms with E-state index < -0.39 is 0 Å². The Morgan fingerprint density at radius 1 is 1.00 bits per heavy atom. The largest absolute Gasteiger partial charge is 1.00 e. The van der Waals surface area contributed by atoms with Crippen molar-refractivity contribution in [2.75, 3.05) is 13.2 Å². The van der Waals surface area contributed by atoms with Gasteiger partial charge < -0.3 is 15.7 Å². The Balaban J connectivity index is -0.0000000833. The van der Waals surface area contributed by atoms with Gasteiger partial charge >= 0.3 is 29.6 Å². The summed E-state index contributed by atoms with van der Waals surface area (Å²) in [6.45, 7) is 2.00. The van der Waals surface area contributed by atoms with Crippen molar-refractivity contribution >= 4 is 0 Å². The van der Waals surface area contributed by atoms with Gasteiger partial charge in [0.2, 0.25) is 0 Å². The Bertz CT molecular complexity index is 22.9. The molecule has 3 N–H and O–H groups in total. The number of hydrogen-bond acceptors (Lipinski definition) is 2. The Morgan fingerprint density at radius 2 is 1.38 bits per heavy atom. The van der Waals surface area contributed by atoms with Crippen LogP contribution in [0.25, 0.3) is 0 Å². The molecule has 46 valence electrons. The van der Waals surface area contributed by atoms with E-state index in [1.54, 1.807) is 0 Å². The van der Waals surface area contributed by atoms with E-state index >= 15 is 0 Å². The van der Waals surface area contributed by atoms with Crippen LogP contribution in [0, 0.1) is 0 Å². The standard InChI is InChI=1S/C4H8O.Na.2H2O/c1-2-4-5-3-1;;;/h1-4H2;;2*1H2/q;+1;;/p-1. The van der Waals surface area contributed by atoms with E-state index in [1.807, 2.05) is 0 Å². The second-order valence-electron chi connectivity index (χ2n) is 1.32. The second-order valence-corrected chi connectivity index (χ2v) is 1.32. The molecular weight excluding hydrogens is 119 g/mol. The third kappa shape index (κ3) is 6.88. The van der Waals surface area contributed by atoms with Crippen LogP contribution >= 0.6 is 0 Å². The van der Waals surface area contributed by atoms with Gasteiger partial charge in [0.15, 0.2) is 0 Å². The predicted octanol–water partition coefficient (Wildman–Crippen LogP) is -3.20. The summed E-state index contributed by atoms with van der Waals surface area (Å²) in [5.74, 6) is 0. The molecular formula is C4H11NaO3. The first kappa shape index (κ1) is 15.9. The van der Waals surface area contributed by atoms with Gasteiger partial charge in [0.1, 0.15) is 0 Å². The average molecular weight is 130 g/mol. The van der Waals surface area contributed by atoms with Gasteiger partial charge in [0, 0.05) is 13.2 Å². The van der Waals surface area contributed by atoms with Gasteiger partial charge in [0.25, 0.3) is 0 Å². The van der Waals surface area contributed by atoms with Crippen LogP contribution in [0.3, 0.4) is 0 Å². The fourth-order valence-corrected chi connectivity index (χ4v) is 0.510. The molecule has 0 spiro atoms. The fourth-order valence-electron chi connectivity index (χ4n) is 0.510. The summed E-state index contributed by atoms with van der Waals surface area (Å²) in [4.78, 5) is 0. The Hall–Kier alpha value is 0.880. The average Bonchev–Trinajstić information content (AvgIpc) is 1.76. The molecule has 4 heteroatoms. The Labute approximate surface area is 71.3 Å². The molecule has 0 aromatic rings. The van der Waals surface area contributed by atoms with Crippen LogP contribution in [0.2, 0.25) is 0 Å². The maximum absolute atomic E-state index is 4.94. The summed E-state index contributed by atoms with van der Waals surface area (Å²) >= 11 is 0. The van der Waals surface area contributed by atoms with E-state index in [-0.39, 0.29) is 40.5 Å². The maximum atomic E-state index is 4.94. The summed E-state index contributed by atoms with van der Waals surface area (Å²) in [5.41, 5.74) is 0. The molecule has 1 fully saturated rings. The number of rotatable bonds is 0. The molecule has 0 aliphatic carbocycles. The molecule has 0 amide bonds. The molecule has 0 saturated carbocycles. The van der Waals surface area contributed by atoms with Crippen LogP contribution in [0.15, 0.2) is 0 Å². The molecule has 0 radical (unpaired) electrons. The van der Waals surface area contributed by atoms with Crippen LogP contribution in [0.5, 0.6) is 0 Å². The Morgan fingerprint density at radius 3 is 1.50 bits per heavy atom. The molecule has 1 heterocycles. The van der Waals surface area contributed by atoms with Crippen molar-refractivity contribution in [1.29, 1.82) is 0 Å². The van der Waals surface area contributed by atoms with E-state index in [4.69, 9.17) is 4.74 Å². The maximum Gasteiger partial charge on any atom is 1.00 e. The van der Waals surface area contributed by atoms with E-state index in [2.05, 4.69) is 0 Å². The van der Waals surface area contributed by atoms with Crippen molar-refractivity contribution in [3.8, 4) is 0 Å². The fraction of sp³-hybridized carbons (Fsp3) is 1.00. The van der Waals surface area contributed by atoms with Gasteiger partial charge in [-0.25, -0.2) is 0 Å². The zero-order chi connectivity index (χ0) is 3.54. The second kappa shape index (κ2) is 10.8. The van der Waals surface area contributed by atoms with E-state index in [1.165, 1.54) is 12.8 Å². The van der Waals surface area contributed by atoms with Gasteiger partial charge in [-0.1, -0.05) is 0 Å². The van der Waals surface area contributed by atoms with Crippen molar-refractivity contribution in [2.45, 2.75) is 12.8 Å². The number of hydrogen-bond donors (Lipinski definition) is 0. The quantitative estimate of drug-likeness (QED) is 0.324. The van der Waals surface area contributed by atoms with Crippen LogP contribution < -0.4 is 29.6 Å². The molecule has 8 heavy (non-hydrogen) atoms. The normalized spacial score (nSPS) is 15.0. The van der Waals surface area contributed by atoms with E-state index in [9.17, 15) is 0 Å². The van der Waals surface area contributed by atoms with Gasteiger partial charge in [-0.2, -0.15) is 0 Å². The monoisotopic (exact) mass is 130 g/mol. The predicted molar refractivity (Wildman–Crippen MR) is 25.6 cm³/mol. The summed E-state index contributed by atoms with van der Waals surface area (Å²) in [7, 11) is 0. The SMILES string of the molecule is C1CCOC1.O.[Na+].[OH-]. The minimum atomic E-state index is 0. The van der Waals surface area contributed by atoms with E-state index in [0.717, 1.165) is 13.2 Å². The van der Waals surface area contributed by atoms with Crippen molar-refractivity contribution in [1.82, 2.24) is 0 Å². The third-order valence-electron chi connectivity index (χ3n) is 0.827. The molecule has 0 aromatic heterocycles. The molecule has 1 rings (SSSR count).